The van der Waals surface area contributed by atoms with Gasteiger partial charge in [0.05, 0.1) is 29.6 Å². The molecule has 0 spiro atoms. The number of rotatable bonds is 5. The Morgan fingerprint density at radius 3 is 2.50 bits per heavy atom. The zero-order valence-electron chi connectivity index (χ0n) is 17.8. The van der Waals surface area contributed by atoms with E-state index in [2.05, 4.69) is 10.6 Å². The molecule has 2 unspecified atom stereocenters. The molecule has 174 valence electrons. The lowest BCUT2D eigenvalue weighted by atomic mass is 10.0. The predicted molar refractivity (Wildman–Crippen MR) is 113 cm³/mol. The van der Waals surface area contributed by atoms with Gasteiger partial charge in [-0.3, -0.25) is 34.2 Å². The van der Waals surface area contributed by atoms with Gasteiger partial charge in [-0.1, -0.05) is 12.1 Å². The molecule has 2 N–H and O–H groups in total. The quantitative estimate of drug-likeness (QED) is 0.501. The SMILES string of the molecule is O=C(Cc1cc(F)cc(F)c1)NCc1cccc2c1C(=O)N(C1CCC(=O)[C@@H]3NC3C1=O)C2=O. The highest BCUT2D eigenvalue weighted by Gasteiger charge is 2.55. The second kappa shape index (κ2) is 8.21. The Morgan fingerprint density at radius 2 is 1.76 bits per heavy atom. The largest absolute Gasteiger partial charge is 0.352 e. The molecule has 0 aromatic heterocycles. The smallest absolute Gasteiger partial charge is 0.262 e. The molecule has 3 atom stereocenters. The lowest BCUT2D eigenvalue weighted by molar-refractivity contribution is -0.122. The van der Waals surface area contributed by atoms with E-state index in [1.54, 1.807) is 12.1 Å². The van der Waals surface area contributed by atoms with Crippen molar-refractivity contribution in [2.24, 2.45) is 0 Å². The monoisotopic (exact) mass is 467 g/mol. The van der Waals surface area contributed by atoms with Crippen LogP contribution in [0.3, 0.4) is 0 Å². The molecule has 2 fully saturated rings. The van der Waals surface area contributed by atoms with E-state index in [9.17, 15) is 32.8 Å². The average molecular weight is 467 g/mol. The summed E-state index contributed by atoms with van der Waals surface area (Å²) < 4.78 is 26.7. The number of fused-ring (bicyclic) bond motifs is 2. The van der Waals surface area contributed by atoms with Crippen molar-refractivity contribution in [1.29, 1.82) is 0 Å². The molecule has 2 aromatic carbocycles. The van der Waals surface area contributed by atoms with Crippen LogP contribution < -0.4 is 10.6 Å². The summed E-state index contributed by atoms with van der Waals surface area (Å²) in [4.78, 5) is 64.4. The van der Waals surface area contributed by atoms with Crippen LogP contribution in [0.4, 0.5) is 8.78 Å². The Morgan fingerprint density at radius 1 is 1.03 bits per heavy atom. The van der Waals surface area contributed by atoms with E-state index in [0.717, 1.165) is 17.0 Å². The fourth-order valence-corrected chi connectivity index (χ4v) is 4.66. The van der Waals surface area contributed by atoms with Crippen molar-refractivity contribution in [1.82, 2.24) is 15.5 Å². The van der Waals surface area contributed by atoms with Gasteiger partial charge >= 0.3 is 0 Å². The molecule has 0 bridgehead atoms. The number of halogens is 2. The number of carbonyl (C=O) groups excluding carboxylic acids is 5. The lowest BCUT2D eigenvalue weighted by Crippen LogP contribution is -2.46. The molecular weight excluding hydrogens is 448 g/mol. The number of hydrogen-bond acceptors (Lipinski definition) is 6. The summed E-state index contributed by atoms with van der Waals surface area (Å²) in [5.74, 6) is -3.86. The zero-order valence-corrected chi connectivity index (χ0v) is 17.8. The first-order valence-electron chi connectivity index (χ1n) is 10.8. The molecule has 1 aliphatic carbocycles. The lowest BCUT2D eigenvalue weighted by Gasteiger charge is -2.23. The minimum absolute atomic E-state index is 0.0775. The Bertz CT molecular complexity index is 1260. The van der Waals surface area contributed by atoms with Crippen LogP contribution in [0, 0.1) is 11.6 Å². The highest BCUT2D eigenvalue weighted by Crippen LogP contribution is 2.33. The van der Waals surface area contributed by atoms with Gasteiger partial charge in [0.2, 0.25) is 5.91 Å². The summed E-state index contributed by atoms with van der Waals surface area (Å²) in [6.45, 7) is -0.101. The Balaban J connectivity index is 1.33. The number of nitrogens with zero attached hydrogens (tertiary/aromatic N) is 1. The molecule has 8 nitrogen and oxygen atoms in total. The van der Waals surface area contributed by atoms with Crippen molar-refractivity contribution in [2.45, 2.75) is 43.9 Å². The molecule has 10 heteroatoms. The van der Waals surface area contributed by atoms with E-state index >= 15 is 0 Å². The maximum Gasteiger partial charge on any atom is 0.262 e. The standard InChI is InChI=1S/C24H19F2N3O5/c25-13-6-11(7-14(26)9-13)8-18(31)27-10-12-2-1-3-15-19(12)24(34)29(23(15)33)16-4-5-17(30)20-21(28-20)22(16)32/h1-3,6-7,9,16,20-21,28H,4-5,8,10H2,(H,27,31)/t16?,20-,21?/m0/s1. The molecular formula is C24H19F2N3O5. The van der Waals surface area contributed by atoms with Crippen LogP contribution >= 0.6 is 0 Å². The molecule has 2 heterocycles. The first kappa shape index (κ1) is 22.0. The van der Waals surface area contributed by atoms with Gasteiger partial charge in [-0.2, -0.15) is 0 Å². The van der Waals surface area contributed by atoms with Crippen LogP contribution in [0.25, 0.3) is 0 Å². The van der Waals surface area contributed by atoms with E-state index in [1.807, 2.05) is 0 Å². The Hall–Kier alpha value is -3.79. The molecule has 3 amide bonds. The third-order valence-corrected chi connectivity index (χ3v) is 6.34. The molecule has 0 radical (unpaired) electrons. The van der Waals surface area contributed by atoms with Gasteiger partial charge in [-0.05, 0) is 35.7 Å². The average Bonchev–Trinajstić information content (AvgIpc) is 3.55. The third kappa shape index (κ3) is 3.79. The van der Waals surface area contributed by atoms with Crippen molar-refractivity contribution in [2.75, 3.05) is 0 Å². The van der Waals surface area contributed by atoms with Crippen molar-refractivity contribution in [3.63, 3.8) is 0 Å². The number of amides is 3. The molecule has 1 saturated carbocycles. The van der Waals surface area contributed by atoms with Crippen LogP contribution in [0.1, 0.15) is 44.7 Å². The summed E-state index contributed by atoms with van der Waals surface area (Å²) in [6.07, 6.45) is -0.113. The second-order valence-corrected chi connectivity index (χ2v) is 8.60. The first-order valence-corrected chi connectivity index (χ1v) is 10.8. The minimum Gasteiger partial charge on any atom is -0.352 e. The maximum atomic E-state index is 13.4. The van der Waals surface area contributed by atoms with Crippen LogP contribution in [-0.4, -0.2) is 52.3 Å². The molecule has 5 rings (SSSR count). The Kier molecular flexibility index (Phi) is 5.32. The van der Waals surface area contributed by atoms with Gasteiger partial charge in [0, 0.05) is 19.0 Å². The molecule has 1 saturated heterocycles. The number of imide groups is 1. The second-order valence-electron chi connectivity index (χ2n) is 8.60. The van der Waals surface area contributed by atoms with Gasteiger partial charge in [-0.15, -0.1) is 0 Å². The van der Waals surface area contributed by atoms with E-state index in [-0.39, 0.29) is 54.1 Å². The number of nitrogens with one attached hydrogen (secondary N) is 2. The highest BCUT2D eigenvalue weighted by atomic mass is 19.1. The topological polar surface area (TPSA) is 123 Å². The van der Waals surface area contributed by atoms with E-state index < -0.39 is 47.5 Å². The number of ketones is 2. The van der Waals surface area contributed by atoms with Crippen molar-refractivity contribution in [3.8, 4) is 0 Å². The van der Waals surface area contributed by atoms with Crippen LogP contribution in [0.15, 0.2) is 36.4 Å². The van der Waals surface area contributed by atoms with E-state index in [4.69, 9.17) is 0 Å². The van der Waals surface area contributed by atoms with E-state index in [1.165, 1.54) is 6.07 Å². The van der Waals surface area contributed by atoms with Gasteiger partial charge in [0.25, 0.3) is 11.8 Å². The zero-order chi connectivity index (χ0) is 24.1. The number of carbonyl (C=O) groups is 5. The normalized spacial score (nSPS) is 23.5. The predicted octanol–water partition coefficient (Wildman–Crippen LogP) is 1.06. The van der Waals surface area contributed by atoms with Crippen LogP contribution in [-0.2, 0) is 27.3 Å². The summed E-state index contributed by atoms with van der Waals surface area (Å²) in [7, 11) is 0. The fraction of sp³-hybridized carbons (Fsp3) is 0.292. The van der Waals surface area contributed by atoms with Crippen LogP contribution in [0.5, 0.6) is 0 Å². The first-order chi connectivity index (χ1) is 16.2. The van der Waals surface area contributed by atoms with Gasteiger partial charge in [0.1, 0.15) is 17.7 Å². The maximum absolute atomic E-state index is 13.4. The van der Waals surface area contributed by atoms with Crippen LogP contribution in [0.2, 0.25) is 0 Å². The van der Waals surface area contributed by atoms with E-state index in [0.29, 0.717) is 11.6 Å². The van der Waals surface area contributed by atoms with Crippen molar-refractivity contribution >= 4 is 29.3 Å². The molecule has 2 aromatic rings. The summed E-state index contributed by atoms with van der Waals surface area (Å²) in [6, 6.07) is 5.18. The van der Waals surface area contributed by atoms with Crippen molar-refractivity contribution < 1.29 is 32.8 Å². The van der Waals surface area contributed by atoms with Gasteiger partial charge in [0.15, 0.2) is 11.6 Å². The molecule has 3 aliphatic rings. The minimum atomic E-state index is -1.04. The number of Topliss-reactive ketones (excluding diaryl/α,β-unsaturated/α-hetero) is 2. The van der Waals surface area contributed by atoms with Gasteiger partial charge < -0.3 is 5.32 Å². The van der Waals surface area contributed by atoms with Crippen molar-refractivity contribution in [3.05, 3.63) is 70.3 Å². The molecule has 34 heavy (non-hydrogen) atoms. The third-order valence-electron chi connectivity index (χ3n) is 6.34. The summed E-state index contributed by atoms with van der Waals surface area (Å²) in [5.41, 5.74) is 0.733. The Labute approximate surface area is 192 Å². The van der Waals surface area contributed by atoms with Gasteiger partial charge in [-0.25, -0.2) is 8.78 Å². The summed E-state index contributed by atoms with van der Waals surface area (Å²) >= 11 is 0. The number of hydrogen-bond donors (Lipinski definition) is 2. The highest BCUT2D eigenvalue weighted by molar-refractivity contribution is 6.24. The number of benzene rings is 2. The summed E-state index contributed by atoms with van der Waals surface area (Å²) in [5, 5.41) is 5.40. The molecule has 2 aliphatic heterocycles. The fourth-order valence-electron chi connectivity index (χ4n) is 4.66.